The van der Waals surface area contributed by atoms with E-state index >= 15 is 0 Å². The molecule has 1 N–H and O–H groups in total. The van der Waals surface area contributed by atoms with E-state index in [9.17, 15) is 0 Å². The highest BCUT2D eigenvalue weighted by molar-refractivity contribution is 7.15. The molecule has 0 aliphatic rings. The normalized spacial score (nSPS) is 13.9. The Bertz CT molecular complexity index is 823. The zero-order valence-corrected chi connectivity index (χ0v) is 15.6. The van der Waals surface area contributed by atoms with E-state index < -0.39 is 0 Å². The Balaban J connectivity index is 1.79. The molecule has 0 amide bonds. The zero-order chi connectivity index (χ0) is 17.3. The molecule has 126 valence electrons. The number of hydrogen-bond acceptors (Lipinski definition) is 5. The first-order chi connectivity index (χ1) is 11.5. The molecular weight excluding hydrogens is 318 g/mol. The number of thiazole rings is 1. The lowest BCUT2D eigenvalue weighted by atomic mass is 10.1. The minimum Gasteiger partial charge on any atom is -0.466 e. The molecule has 5 heteroatoms. The quantitative estimate of drug-likeness (QED) is 0.698. The fourth-order valence-corrected chi connectivity index (χ4v) is 4.11. The van der Waals surface area contributed by atoms with Gasteiger partial charge in [0.1, 0.15) is 16.5 Å². The summed E-state index contributed by atoms with van der Waals surface area (Å²) >= 11 is 1.73. The van der Waals surface area contributed by atoms with Crippen LogP contribution in [0.3, 0.4) is 0 Å². The van der Waals surface area contributed by atoms with Crippen LogP contribution in [0.5, 0.6) is 0 Å². The monoisotopic (exact) mass is 341 g/mol. The molecular formula is C19H23N3OS. The third-order valence-corrected chi connectivity index (χ3v) is 5.57. The Hall–Kier alpha value is -1.98. The van der Waals surface area contributed by atoms with Gasteiger partial charge in [-0.25, -0.2) is 4.98 Å². The minimum atomic E-state index is 0.220. The SMILES string of the molecule is Cc1cc([C@@H](C)N[C@@H](C)c2sc(-c3cccnc3)nc2C)c(C)o1. The fourth-order valence-electron chi connectivity index (χ4n) is 3.04. The maximum Gasteiger partial charge on any atom is 0.125 e. The number of hydrogen-bond donors (Lipinski definition) is 1. The lowest BCUT2D eigenvalue weighted by molar-refractivity contribution is 0.470. The van der Waals surface area contributed by atoms with Crippen LogP contribution in [-0.2, 0) is 0 Å². The van der Waals surface area contributed by atoms with E-state index in [2.05, 4.69) is 37.1 Å². The molecule has 0 saturated heterocycles. The molecule has 3 heterocycles. The highest BCUT2D eigenvalue weighted by atomic mass is 32.1. The van der Waals surface area contributed by atoms with E-state index in [-0.39, 0.29) is 12.1 Å². The first kappa shape index (κ1) is 16.9. The molecule has 3 aromatic heterocycles. The molecule has 0 aliphatic heterocycles. The number of pyridine rings is 1. The Morgan fingerprint density at radius 1 is 1.17 bits per heavy atom. The third-order valence-electron chi connectivity index (χ3n) is 4.18. The summed E-state index contributed by atoms with van der Waals surface area (Å²) in [5.74, 6) is 1.94. The first-order valence-corrected chi connectivity index (χ1v) is 8.98. The van der Waals surface area contributed by atoms with Gasteiger partial charge in [-0.1, -0.05) is 0 Å². The molecule has 0 saturated carbocycles. The van der Waals surface area contributed by atoms with Crippen LogP contribution in [-0.4, -0.2) is 9.97 Å². The standard InChI is InChI=1S/C19H23N3OS/c1-11-9-17(15(5)23-11)12(2)21-13(3)18-14(4)22-19(24-18)16-7-6-8-20-10-16/h6-10,12-13,21H,1-5H3/t12-,13+/m1/s1. The Labute approximate surface area is 147 Å². The van der Waals surface area contributed by atoms with Crippen molar-refractivity contribution >= 4 is 11.3 Å². The lowest BCUT2D eigenvalue weighted by Gasteiger charge is -2.19. The summed E-state index contributed by atoms with van der Waals surface area (Å²) < 4.78 is 5.65. The van der Waals surface area contributed by atoms with Gasteiger partial charge in [-0.05, 0) is 52.8 Å². The van der Waals surface area contributed by atoms with Gasteiger partial charge in [0.2, 0.25) is 0 Å². The van der Waals surface area contributed by atoms with Crippen LogP contribution in [0.4, 0.5) is 0 Å². The van der Waals surface area contributed by atoms with Gasteiger partial charge in [0.15, 0.2) is 0 Å². The summed E-state index contributed by atoms with van der Waals surface area (Å²) in [4.78, 5) is 10.2. The molecule has 0 aliphatic carbocycles. The maximum absolute atomic E-state index is 5.65. The topological polar surface area (TPSA) is 51.0 Å². The number of aryl methyl sites for hydroxylation is 3. The van der Waals surface area contributed by atoms with E-state index in [4.69, 9.17) is 9.40 Å². The summed E-state index contributed by atoms with van der Waals surface area (Å²) in [5, 5.41) is 4.69. The molecule has 24 heavy (non-hydrogen) atoms. The molecule has 3 rings (SSSR count). The van der Waals surface area contributed by atoms with Gasteiger partial charge in [-0.3, -0.25) is 4.98 Å². The molecule has 0 fully saturated rings. The van der Waals surface area contributed by atoms with Crippen molar-refractivity contribution in [2.24, 2.45) is 0 Å². The Morgan fingerprint density at radius 2 is 1.96 bits per heavy atom. The molecule has 0 bridgehead atoms. The Kier molecular flexibility index (Phi) is 4.83. The first-order valence-electron chi connectivity index (χ1n) is 8.16. The van der Waals surface area contributed by atoms with Crippen LogP contribution in [0.25, 0.3) is 10.6 Å². The highest BCUT2D eigenvalue weighted by Crippen LogP contribution is 2.33. The van der Waals surface area contributed by atoms with E-state index in [0.29, 0.717) is 0 Å². The van der Waals surface area contributed by atoms with Crippen molar-refractivity contribution < 1.29 is 4.42 Å². The molecule has 2 atom stereocenters. The van der Waals surface area contributed by atoms with Crippen LogP contribution in [0.2, 0.25) is 0 Å². The van der Waals surface area contributed by atoms with Crippen molar-refractivity contribution in [3.05, 3.63) is 58.2 Å². The largest absolute Gasteiger partial charge is 0.466 e. The summed E-state index contributed by atoms with van der Waals surface area (Å²) in [6.07, 6.45) is 3.65. The Morgan fingerprint density at radius 3 is 2.58 bits per heavy atom. The van der Waals surface area contributed by atoms with Gasteiger partial charge in [0, 0.05) is 40.5 Å². The molecule has 0 unspecified atom stereocenters. The van der Waals surface area contributed by atoms with Gasteiger partial charge in [-0.2, -0.15) is 0 Å². The lowest BCUT2D eigenvalue weighted by Crippen LogP contribution is -2.22. The van der Waals surface area contributed by atoms with Gasteiger partial charge in [-0.15, -0.1) is 11.3 Å². The van der Waals surface area contributed by atoms with Crippen molar-refractivity contribution in [3.63, 3.8) is 0 Å². The van der Waals surface area contributed by atoms with Crippen LogP contribution < -0.4 is 5.32 Å². The van der Waals surface area contributed by atoms with E-state index in [1.165, 1.54) is 10.4 Å². The molecule has 3 aromatic rings. The van der Waals surface area contributed by atoms with Crippen LogP contribution in [0, 0.1) is 20.8 Å². The van der Waals surface area contributed by atoms with Gasteiger partial charge >= 0.3 is 0 Å². The number of rotatable bonds is 5. The van der Waals surface area contributed by atoms with Crippen molar-refractivity contribution in [1.29, 1.82) is 0 Å². The van der Waals surface area contributed by atoms with Crippen LogP contribution in [0.1, 0.15) is 53.6 Å². The van der Waals surface area contributed by atoms with Crippen molar-refractivity contribution in [2.75, 3.05) is 0 Å². The summed E-state index contributed by atoms with van der Waals surface area (Å²) in [7, 11) is 0. The summed E-state index contributed by atoms with van der Waals surface area (Å²) in [5.41, 5.74) is 3.36. The molecule has 0 aromatic carbocycles. The van der Waals surface area contributed by atoms with Crippen LogP contribution in [0.15, 0.2) is 35.0 Å². The number of aromatic nitrogens is 2. The average molecular weight is 341 g/mol. The number of nitrogens with zero attached hydrogens (tertiary/aromatic N) is 2. The minimum absolute atomic E-state index is 0.220. The predicted octanol–water partition coefficient (Wildman–Crippen LogP) is 5.14. The number of nitrogens with one attached hydrogen (secondary N) is 1. The second-order valence-corrected chi connectivity index (χ2v) is 7.22. The fraction of sp³-hybridized carbons (Fsp3) is 0.368. The van der Waals surface area contributed by atoms with Gasteiger partial charge < -0.3 is 9.73 Å². The zero-order valence-electron chi connectivity index (χ0n) is 14.8. The van der Waals surface area contributed by atoms with Crippen molar-refractivity contribution in [3.8, 4) is 10.6 Å². The second kappa shape index (κ2) is 6.87. The molecule has 0 spiro atoms. The second-order valence-electron chi connectivity index (χ2n) is 6.19. The van der Waals surface area contributed by atoms with Gasteiger partial charge in [0.25, 0.3) is 0 Å². The van der Waals surface area contributed by atoms with E-state index in [1.54, 1.807) is 17.5 Å². The molecule has 4 nitrogen and oxygen atoms in total. The number of furan rings is 1. The predicted molar refractivity (Wildman–Crippen MR) is 98.2 cm³/mol. The van der Waals surface area contributed by atoms with E-state index in [0.717, 1.165) is 27.8 Å². The summed E-state index contributed by atoms with van der Waals surface area (Å²) in [6.45, 7) is 10.4. The van der Waals surface area contributed by atoms with E-state index in [1.807, 2.05) is 32.2 Å². The van der Waals surface area contributed by atoms with Crippen LogP contribution >= 0.6 is 11.3 Å². The molecule has 0 radical (unpaired) electrons. The average Bonchev–Trinajstić information content (AvgIpc) is 3.10. The summed E-state index contributed by atoms with van der Waals surface area (Å²) in [6, 6.07) is 6.55. The smallest absolute Gasteiger partial charge is 0.125 e. The van der Waals surface area contributed by atoms with Crippen molar-refractivity contribution in [2.45, 2.75) is 46.7 Å². The third kappa shape index (κ3) is 3.42. The van der Waals surface area contributed by atoms with Gasteiger partial charge in [0.05, 0.1) is 5.69 Å². The highest BCUT2D eigenvalue weighted by Gasteiger charge is 2.19. The van der Waals surface area contributed by atoms with Crippen molar-refractivity contribution in [1.82, 2.24) is 15.3 Å². The maximum atomic E-state index is 5.65.